The molecule has 0 saturated heterocycles. The zero-order valence-corrected chi connectivity index (χ0v) is 16.6. The Morgan fingerprint density at radius 2 is 1.50 bits per heavy atom. The maximum absolute atomic E-state index is 12.1. The fourth-order valence-corrected chi connectivity index (χ4v) is 3.70. The third-order valence-electron chi connectivity index (χ3n) is 5.19. The summed E-state index contributed by atoms with van der Waals surface area (Å²) in [6, 6.07) is 23.5. The SMILES string of the molecule is CC(=O)c1ccc(C#CCNC(=O)OCC2c3ccccc3-c3ccccc32)cc1. The number of Topliss-reactive ketones (excluding diaryl/α,β-unsaturated/α-hetero) is 1. The molecule has 3 aromatic rings. The van der Waals surface area contributed by atoms with E-state index in [0.717, 1.165) is 5.56 Å². The number of alkyl carbamates (subject to hydrolysis) is 1. The first-order valence-electron chi connectivity index (χ1n) is 9.82. The molecule has 4 nitrogen and oxygen atoms in total. The standard InChI is InChI=1S/C26H21NO3/c1-18(28)20-14-12-19(13-15-20)7-6-16-27-26(29)30-17-25-23-10-4-2-8-21(23)22-9-3-5-11-24(22)25/h2-5,8-15,25H,16-17H2,1H3,(H,27,29). The summed E-state index contributed by atoms with van der Waals surface area (Å²) < 4.78 is 5.48. The number of benzene rings is 3. The van der Waals surface area contributed by atoms with Gasteiger partial charge in [-0.05, 0) is 41.3 Å². The zero-order valence-electron chi connectivity index (χ0n) is 16.6. The van der Waals surface area contributed by atoms with E-state index in [4.69, 9.17) is 4.74 Å². The molecule has 0 heterocycles. The average molecular weight is 395 g/mol. The molecule has 0 spiro atoms. The van der Waals surface area contributed by atoms with Crippen LogP contribution in [0, 0.1) is 11.8 Å². The van der Waals surface area contributed by atoms with Crippen LogP contribution < -0.4 is 5.32 Å². The van der Waals surface area contributed by atoms with E-state index in [1.807, 2.05) is 24.3 Å². The Hall–Kier alpha value is -3.84. The summed E-state index contributed by atoms with van der Waals surface area (Å²) >= 11 is 0. The van der Waals surface area contributed by atoms with Crippen molar-refractivity contribution in [3.63, 3.8) is 0 Å². The number of hydrogen-bond donors (Lipinski definition) is 1. The highest BCUT2D eigenvalue weighted by Gasteiger charge is 2.28. The monoisotopic (exact) mass is 395 g/mol. The topological polar surface area (TPSA) is 55.4 Å². The second-order valence-electron chi connectivity index (χ2n) is 7.11. The summed E-state index contributed by atoms with van der Waals surface area (Å²) in [4.78, 5) is 23.4. The summed E-state index contributed by atoms with van der Waals surface area (Å²) in [6.45, 7) is 1.99. The highest BCUT2D eigenvalue weighted by molar-refractivity contribution is 5.94. The normalized spacial score (nSPS) is 11.6. The smallest absolute Gasteiger partial charge is 0.407 e. The van der Waals surface area contributed by atoms with Gasteiger partial charge in [-0.2, -0.15) is 0 Å². The molecule has 4 rings (SSSR count). The maximum atomic E-state index is 12.1. The van der Waals surface area contributed by atoms with Crippen molar-refractivity contribution in [2.45, 2.75) is 12.8 Å². The fourth-order valence-electron chi connectivity index (χ4n) is 3.70. The van der Waals surface area contributed by atoms with Gasteiger partial charge in [0.05, 0.1) is 6.54 Å². The van der Waals surface area contributed by atoms with Gasteiger partial charge in [0.15, 0.2) is 5.78 Å². The number of hydrogen-bond acceptors (Lipinski definition) is 3. The van der Waals surface area contributed by atoms with Gasteiger partial charge in [-0.1, -0.05) is 72.5 Å². The van der Waals surface area contributed by atoms with Crippen molar-refractivity contribution in [2.75, 3.05) is 13.2 Å². The van der Waals surface area contributed by atoms with E-state index in [2.05, 4.69) is 41.4 Å². The molecule has 1 N–H and O–H groups in total. The Morgan fingerprint density at radius 3 is 2.10 bits per heavy atom. The van der Waals surface area contributed by atoms with Crippen molar-refractivity contribution in [2.24, 2.45) is 0 Å². The van der Waals surface area contributed by atoms with Crippen molar-refractivity contribution >= 4 is 11.9 Å². The second-order valence-corrected chi connectivity index (χ2v) is 7.11. The minimum absolute atomic E-state index is 0.0198. The van der Waals surface area contributed by atoms with E-state index in [1.54, 1.807) is 24.3 Å². The molecule has 1 aliphatic rings. The van der Waals surface area contributed by atoms with E-state index in [1.165, 1.54) is 29.2 Å². The van der Waals surface area contributed by atoms with Crippen LogP contribution in [0.15, 0.2) is 72.8 Å². The molecule has 0 saturated carbocycles. The number of nitrogens with one attached hydrogen (secondary N) is 1. The highest BCUT2D eigenvalue weighted by atomic mass is 16.5. The summed E-state index contributed by atoms with van der Waals surface area (Å²) in [7, 11) is 0. The molecule has 0 atom stereocenters. The Kier molecular flexibility index (Phi) is 5.63. The molecule has 30 heavy (non-hydrogen) atoms. The first kappa shape index (κ1) is 19.5. The van der Waals surface area contributed by atoms with E-state index in [0.29, 0.717) is 5.56 Å². The van der Waals surface area contributed by atoms with Crippen molar-refractivity contribution in [1.29, 1.82) is 0 Å². The maximum Gasteiger partial charge on any atom is 0.407 e. The molecular weight excluding hydrogens is 374 g/mol. The Balaban J connectivity index is 1.32. The lowest BCUT2D eigenvalue weighted by molar-refractivity contribution is 0.101. The van der Waals surface area contributed by atoms with Crippen molar-refractivity contribution < 1.29 is 14.3 Å². The van der Waals surface area contributed by atoms with Crippen LogP contribution in [0.4, 0.5) is 4.79 Å². The Morgan fingerprint density at radius 1 is 0.900 bits per heavy atom. The van der Waals surface area contributed by atoms with Crippen LogP contribution in [-0.4, -0.2) is 25.0 Å². The largest absolute Gasteiger partial charge is 0.449 e. The first-order chi connectivity index (χ1) is 14.6. The van der Waals surface area contributed by atoms with E-state index < -0.39 is 6.09 Å². The molecule has 0 unspecified atom stereocenters. The van der Waals surface area contributed by atoms with E-state index in [-0.39, 0.29) is 24.9 Å². The van der Waals surface area contributed by atoms with Crippen LogP contribution in [0.2, 0.25) is 0 Å². The van der Waals surface area contributed by atoms with E-state index >= 15 is 0 Å². The van der Waals surface area contributed by atoms with Gasteiger partial charge in [0.25, 0.3) is 0 Å². The molecule has 1 amide bonds. The van der Waals surface area contributed by atoms with Crippen molar-refractivity contribution in [1.82, 2.24) is 5.32 Å². The molecule has 3 aromatic carbocycles. The van der Waals surface area contributed by atoms with Gasteiger partial charge in [-0.15, -0.1) is 0 Å². The molecule has 4 heteroatoms. The van der Waals surface area contributed by atoms with Gasteiger partial charge in [0.1, 0.15) is 6.61 Å². The summed E-state index contributed by atoms with van der Waals surface area (Å²) in [5.41, 5.74) is 6.19. The molecule has 0 radical (unpaired) electrons. The van der Waals surface area contributed by atoms with Crippen molar-refractivity contribution in [3.8, 4) is 23.0 Å². The predicted molar refractivity (Wildman–Crippen MR) is 116 cm³/mol. The lowest BCUT2D eigenvalue weighted by atomic mass is 9.98. The van der Waals surface area contributed by atoms with Crippen LogP contribution >= 0.6 is 0 Å². The minimum atomic E-state index is -0.488. The summed E-state index contributed by atoms with van der Waals surface area (Å²) in [5, 5.41) is 2.67. The Bertz CT molecular complexity index is 1110. The molecule has 0 aromatic heterocycles. The van der Waals surface area contributed by atoms with Crippen LogP contribution in [0.1, 0.15) is 39.9 Å². The van der Waals surface area contributed by atoms with Gasteiger partial charge in [-0.25, -0.2) is 4.79 Å². The second kappa shape index (κ2) is 8.67. The van der Waals surface area contributed by atoms with Crippen LogP contribution in [0.5, 0.6) is 0 Å². The average Bonchev–Trinajstić information content (AvgIpc) is 3.09. The van der Waals surface area contributed by atoms with Gasteiger partial charge in [0.2, 0.25) is 0 Å². The fraction of sp³-hybridized carbons (Fsp3) is 0.154. The number of carbonyl (C=O) groups excluding carboxylic acids is 2. The van der Waals surface area contributed by atoms with E-state index in [9.17, 15) is 9.59 Å². The lowest BCUT2D eigenvalue weighted by Gasteiger charge is -2.14. The number of fused-ring (bicyclic) bond motifs is 3. The summed E-state index contributed by atoms with van der Waals surface area (Å²) in [6.07, 6.45) is -0.488. The van der Waals surface area contributed by atoms with Gasteiger partial charge in [-0.3, -0.25) is 4.79 Å². The molecular formula is C26H21NO3. The molecule has 1 aliphatic carbocycles. The zero-order chi connectivity index (χ0) is 20.9. The number of ketones is 1. The molecule has 0 aliphatic heterocycles. The Labute approximate surface area is 175 Å². The van der Waals surface area contributed by atoms with Gasteiger partial charge in [0, 0.05) is 17.0 Å². The molecule has 148 valence electrons. The third kappa shape index (κ3) is 4.11. The number of rotatable bonds is 4. The minimum Gasteiger partial charge on any atom is -0.449 e. The first-order valence-corrected chi connectivity index (χ1v) is 9.82. The van der Waals surface area contributed by atoms with Crippen LogP contribution in [0.25, 0.3) is 11.1 Å². The number of amides is 1. The highest BCUT2D eigenvalue weighted by Crippen LogP contribution is 2.44. The predicted octanol–water partition coefficient (Wildman–Crippen LogP) is 4.78. The van der Waals surface area contributed by atoms with Crippen molar-refractivity contribution in [3.05, 3.63) is 95.1 Å². The van der Waals surface area contributed by atoms with Gasteiger partial charge < -0.3 is 10.1 Å². The van der Waals surface area contributed by atoms with Crippen LogP contribution in [0.3, 0.4) is 0 Å². The summed E-state index contributed by atoms with van der Waals surface area (Å²) in [5.74, 6) is 5.91. The lowest BCUT2D eigenvalue weighted by Crippen LogP contribution is -2.26. The third-order valence-corrected chi connectivity index (χ3v) is 5.19. The molecule has 0 fully saturated rings. The number of carbonyl (C=O) groups is 2. The molecule has 0 bridgehead atoms. The quantitative estimate of drug-likeness (QED) is 0.511. The van der Waals surface area contributed by atoms with Crippen LogP contribution in [-0.2, 0) is 4.74 Å². The number of ether oxygens (including phenoxy) is 1. The van der Waals surface area contributed by atoms with Gasteiger partial charge >= 0.3 is 6.09 Å².